The van der Waals surface area contributed by atoms with Gasteiger partial charge in [0, 0.05) is 5.92 Å². The van der Waals surface area contributed by atoms with Gasteiger partial charge < -0.3 is 5.11 Å². The van der Waals surface area contributed by atoms with Crippen LogP contribution in [0.25, 0.3) is 11.1 Å². The van der Waals surface area contributed by atoms with Gasteiger partial charge in [-0.1, -0.05) is 30.3 Å². The maximum absolute atomic E-state index is 13.6. The predicted molar refractivity (Wildman–Crippen MR) is 135 cm³/mol. The summed E-state index contributed by atoms with van der Waals surface area (Å²) in [6.07, 6.45) is -3.56. The van der Waals surface area contributed by atoms with Crippen LogP contribution in [0.5, 0.6) is 0 Å². The van der Waals surface area contributed by atoms with Gasteiger partial charge in [0.1, 0.15) is 5.82 Å². The molecule has 0 saturated heterocycles. The van der Waals surface area contributed by atoms with Gasteiger partial charge in [-0.25, -0.2) is 18.2 Å². The van der Waals surface area contributed by atoms with Crippen LogP contribution in [0.15, 0.2) is 83.8 Å². The van der Waals surface area contributed by atoms with E-state index in [4.69, 9.17) is 0 Å². The summed E-state index contributed by atoms with van der Waals surface area (Å²) in [6, 6.07) is 17.4. The molecule has 1 aromatic heterocycles. The summed E-state index contributed by atoms with van der Waals surface area (Å²) < 4.78 is 82.1. The van der Waals surface area contributed by atoms with Crippen molar-refractivity contribution in [3.63, 3.8) is 0 Å². The van der Waals surface area contributed by atoms with E-state index in [0.717, 1.165) is 29.3 Å². The number of benzene rings is 3. The summed E-state index contributed by atoms with van der Waals surface area (Å²) in [4.78, 5) is 14.7. The summed E-state index contributed by atoms with van der Waals surface area (Å²) >= 11 is 0. The Hall–Kier alpha value is -4.25. The van der Waals surface area contributed by atoms with E-state index in [1.807, 2.05) is 0 Å². The van der Waals surface area contributed by atoms with E-state index in [2.05, 4.69) is 9.71 Å². The number of hydrogen-bond donors (Lipinski definition) is 2. The fraction of sp³-hybridized carbons (Fsp3) is 0.143. The molecule has 0 spiro atoms. The van der Waals surface area contributed by atoms with Gasteiger partial charge in [0.2, 0.25) is 5.95 Å². The Morgan fingerprint density at radius 2 is 1.67 bits per heavy atom. The maximum Gasteiger partial charge on any atom is 0.416 e. The molecule has 0 amide bonds. The van der Waals surface area contributed by atoms with Crippen molar-refractivity contribution in [1.29, 1.82) is 0 Å². The zero-order valence-electron chi connectivity index (χ0n) is 20.0. The first-order valence-electron chi connectivity index (χ1n) is 11.8. The van der Waals surface area contributed by atoms with Crippen molar-refractivity contribution in [2.75, 3.05) is 4.72 Å². The van der Waals surface area contributed by atoms with Crippen LogP contribution in [-0.4, -0.2) is 24.5 Å². The second-order valence-electron chi connectivity index (χ2n) is 9.09. The van der Waals surface area contributed by atoms with Crippen LogP contribution in [0.3, 0.4) is 0 Å². The number of sulfonamides is 1. The number of carboxylic acid groups (broad SMARTS) is 1. The molecule has 1 heterocycles. The van der Waals surface area contributed by atoms with Crippen LogP contribution >= 0.6 is 0 Å². The Bertz CT molecular complexity index is 1690. The summed E-state index contributed by atoms with van der Waals surface area (Å²) in [6.45, 7) is 0. The predicted octanol–water partition coefficient (Wildman–Crippen LogP) is 6.48. The van der Waals surface area contributed by atoms with E-state index in [9.17, 15) is 35.9 Å². The van der Waals surface area contributed by atoms with Crippen molar-refractivity contribution in [1.82, 2.24) is 4.98 Å². The molecule has 1 aliphatic rings. The minimum absolute atomic E-state index is 0.00859. The summed E-state index contributed by atoms with van der Waals surface area (Å²) in [5, 5.41) is 9.19. The number of halogens is 4. The summed E-state index contributed by atoms with van der Waals surface area (Å²) in [5.74, 6) is -2.47. The van der Waals surface area contributed by atoms with Gasteiger partial charge in [-0.15, -0.1) is 0 Å². The lowest BCUT2D eigenvalue weighted by Gasteiger charge is -2.20. The second-order valence-corrected chi connectivity index (χ2v) is 10.8. The molecule has 39 heavy (non-hydrogen) atoms. The van der Waals surface area contributed by atoms with E-state index < -0.39 is 33.7 Å². The van der Waals surface area contributed by atoms with Gasteiger partial charge in [-0.3, -0.25) is 4.72 Å². The monoisotopic (exact) mass is 556 g/mol. The molecule has 0 bridgehead atoms. The molecule has 0 unspecified atom stereocenters. The van der Waals surface area contributed by atoms with Gasteiger partial charge in [0.15, 0.2) is 0 Å². The molecular formula is C28H20F4N2O4S. The van der Waals surface area contributed by atoms with Crippen molar-refractivity contribution in [3.05, 3.63) is 113 Å². The molecule has 11 heteroatoms. The summed E-state index contributed by atoms with van der Waals surface area (Å²) in [7, 11) is -4.07. The van der Waals surface area contributed by atoms with Gasteiger partial charge in [-0.2, -0.15) is 17.6 Å². The van der Waals surface area contributed by atoms with Crippen LogP contribution in [0.2, 0.25) is 0 Å². The first kappa shape index (κ1) is 26.4. The molecule has 0 radical (unpaired) electrons. The lowest BCUT2D eigenvalue weighted by atomic mass is 9.85. The van der Waals surface area contributed by atoms with E-state index in [1.165, 1.54) is 54.6 Å². The third kappa shape index (κ3) is 5.35. The number of anilines is 1. The average Bonchev–Trinajstić information content (AvgIpc) is 3.31. The zero-order valence-corrected chi connectivity index (χ0v) is 20.9. The Morgan fingerprint density at radius 1 is 0.949 bits per heavy atom. The van der Waals surface area contributed by atoms with Crippen molar-refractivity contribution < 1.29 is 35.9 Å². The number of carboxylic acids is 1. The number of rotatable bonds is 6. The molecule has 0 saturated carbocycles. The normalized spacial score (nSPS) is 15.1. The van der Waals surface area contributed by atoms with Crippen molar-refractivity contribution >= 4 is 21.8 Å². The van der Waals surface area contributed by atoms with Crippen molar-refractivity contribution in [3.8, 4) is 11.1 Å². The highest BCUT2D eigenvalue weighted by Gasteiger charge is 2.33. The largest absolute Gasteiger partial charge is 0.478 e. The average molecular weight is 557 g/mol. The topological polar surface area (TPSA) is 96.4 Å². The fourth-order valence-electron chi connectivity index (χ4n) is 4.82. The van der Waals surface area contributed by atoms with Crippen LogP contribution < -0.4 is 4.72 Å². The molecule has 0 fully saturated rings. The van der Waals surface area contributed by atoms with Crippen LogP contribution in [-0.2, 0) is 22.6 Å². The lowest BCUT2D eigenvalue weighted by Crippen LogP contribution is -2.14. The molecule has 1 aliphatic carbocycles. The van der Waals surface area contributed by atoms with E-state index >= 15 is 0 Å². The molecule has 2 N–H and O–H groups in total. The molecule has 0 aliphatic heterocycles. The van der Waals surface area contributed by atoms with Gasteiger partial charge in [-0.05, 0) is 89.2 Å². The van der Waals surface area contributed by atoms with Gasteiger partial charge in [0.05, 0.1) is 16.0 Å². The smallest absolute Gasteiger partial charge is 0.416 e. The molecule has 5 rings (SSSR count). The number of carbonyl (C=O) groups is 1. The maximum atomic E-state index is 13.6. The van der Waals surface area contributed by atoms with Crippen LogP contribution in [0.1, 0.15) is 45.0 Å². The Kier molecular flexibility index (Phi) is 6.63. The van der Waals surface area contributed by atoms with E-state index in [1.54, 1.807) is 6.07 Å². The molecule has 200 valence electrons. The Labute approximate surface area is 221 Å². The number of fused-ring (bicyclic) bond motifs is 1. The number of aromatic nitrogens is 1. The molecule has 6 nitrogen and oxygen atoms in total. The minimum atomic E-state index is -4.57. The number of alkyl halides is 3. The van der Waals surface area contributed by atoms with Gasteiger partial charge >= 0.3 is 12.1 Å². The van der Waals surface area contributed by atoms with Crippen molar-refractivity contribution in [2.45, 2.75) is 29.8 Å². The lowest BCUT2D eigenvalue weighted by molar-refractivity contribution is -0.137. The number of aryl methyl sites for hydroxylation is 1. The molecule has 4 aromatic rings. The minimum Gasteiger partial charge on any atom is -0.478 e. The van der Waals surface area contributed by atoms with Gasteiger partial charge in [0.25, 0.3) is 10.0 Å². The highest BCUT2D eigenvalue weighted by molar-refractivity contribution is 7.92. The Balaban J connectivity index is 1.52. The molecular weight excluding hydrogens is 536 g/mol. The number of nitrogens with one attached hydrogen (secondary N) is 1. The SMILES string of the molecule is O=C(O)c1ccc(-c2cc(C(F)(F)F)ccc2[C@@H]2CCc3cc(S(=O)(=O)Nc4cccc(F)n4)ccc32)cc1. The number of pyridine rings is 1. The Morgan fingerprint density at radius 3 is 2.33 bits per heavy atom. The standard InChI is InChI=1S/C28H20F4N2O4S/c29-25-2-1-3-26(33-25)34-39(37,38)20-10-13-21-18(14-20)8-11-22(21)23-12-9-19(28(30,31)32)15-24(23)16-4-6-17(7-5-16)27(35)36/h1-7,9-10,12-15,22H,8,11H2,(H,33,34)(H,35,36)/t22-/m1/s1. The highest BCUT2D eigenvalue weighted by atomic mass is 32.2. The number of nitrogens with zero attached hydrogens (tertiary/aromatic N) is 1. The molecule has 3 aromatic carbocycles. The quantitative estimate of drug-likeness (QED) is 0.209. The van der Waals surface area contributed by atoms with Crippen molar-refractivity contribution in [2.24, 2.45) is 0 Å². The second kappa shape index (κ2) is 9.81. The molecule has 1 atom stereocenters. The zero-order chi connectivity index (χ0) is 27.9. The first-order chi connectivity index (χ1) is 18.4. The third-order valence-electron chi connectivity index (χ3n) is 6.66. The highest BCUT2D eigenvalue weighted by Crippen LogP contribution is 2.44. The summed E-state index contributed by atoms with van der Waals surface area (Å²) in [5.41, 5.74) is 2.04. The number of hydrogen-bond acceptors (Lipinski definition) is 4. The van der Waals surface area contributed by atoms with E-state index in [-0.39, 0.29) is 22.2 Å². The van der Waals surface area contributed by atoms with E-state index in [0.29, 0.717) is 29.5 Å². The number of aromatic carboxylic acids is 1. The third-order valence-corrected chi connectivity index (χ3v) is 8.01. The first-order valence-corrected chi connectivity index (χ1v) is 13.2. The van der Waals surface area contributed by atoms with Crippen LogP contribution in [0, 0.1) is 5.95 Å². The fourth-order valence-corrected chi connectivity index (χ4v) is 5.88. The van der Waals surface area contributed by atoms with Crippen LogP contribution in [0.4, 0.5) is 23.4 Å².